The van der Waals surface area contributed by atoms with E-state index in [1.165, 1.54) is 0 Å². The fourth-order valence-electron chi connectivity index (χ4n) is 1.40. The van der Waals surface area contributed by atoms with Gasteiger partial charge < -0.3 is 4.74 Å². The average Bonchev–Trinajstić information content (AvgIpc) is 2.55. The standard InChI is InChI=1S/C10H14Cl2O2/c1-4-8(13)14-9-6(5-7(11)12)10(9,2)3/h5,7,9H,4H2,1-3H3. The first kappa shape index (κ1) is 11.9. The molecular weight excluding hydrogens is 223 g/mol. The van der Waals surface area contributed by atoms with Crippen LogP contribution < -0.4 is 0 Å². The largest absolute Gasteiger partial charge is 0.457 e. The van der Waals surface area contributed by atoms with Crippen LogP contribution in [-0.4, -0.2) is 16.9 Å². The summed E-state index contributed by atoms with van der Waals surface area (Å²) in [6.45, 7) is 5.78. The zero-order valence-electron chi connectivity index (χ0n) is 8.51. The normalized spacial score (nSPS) is 26.7. The summed E-state index contributed by atoms with van der Waals surface area (Å²) >= 11 is 11.2. The van der Waals surface area contributed by atoms with E-state index in [4.69, 9.17) is 27.9 Å². The third kappa shape index (κ3) is 2.43. The zero-order chi connectivity index (χ0) is 10.9. The van der Waals surface area contributed by atoms with E-state index in [2.05, 4.69) is 0 Å². The Hall–Kier alpha value is -0.210. The molecule has 1 saturated carbocycles. The van der Waals surface area contributed by atoms with E-state index in [1.54, 1.807) is 13.0 Å². The highest BCUT2D eigenvalue weighted by atomic mass is 35.5. The van der Waals surface area contributed by atoms with Crippen molar-refractivity contribution in [2.45, 2.75) is 38.1 Å². The molecule has 0 amide bonds. The van der Waals surface area contributed by atoms with Crippen LogP contribution in [-0.2, 0) is 9.53 Å². The Morgan fingerprint density at radius 1 is 1.64 bits per heavy atom. The zero-order valence-corrected chi connectivity index (χ0v) is 10.0. The monoisotopic (exact) mass is 236 g/mol. The highest BCUT2D eigenvalue weighted by Gasteiger charge is 2.55. The molecule has 0 aromatic carbocycles. The number of halogens is 2. The van der Waals surface area contributed by atoms with Gasteiger partial charge in [0, 0.05) is 11.8 Å². The Balaban J connectivity index is 2.62. The molecule has 0 heterocycles. The molecule has 0 bridgehead atoms. The lowest BCUT2D eigenvalue weighted by Crippen LogP contribution is -2.08. The molecule has 0 spiro atoms. The Labute approximate surface area is 94.2 Å². The quantitative estimate of drug-likeness (QED) is 0.428. The molecule has 0 aromatic heterocycles. The lowest BCUT2D eigenvalue weighted by atomic mass is 10.2. The number of alkyl halides is 2. The predicted molar refractivity (Wildman–Crippen MR) is 57.5 cm³/mol. The van der Waals surface area contributed by atoms with Crippen LogP contribution >= 0.6 is 23.2 Å². The Morgan fingerprint density at radius 3 is 2.64 bits per heavy atom. The maximum Gasteiger partial charge on any atom is 0.306 e. The van der Waals surface area contributed by atoms with Crippen molar-refractivity contribution < 1.29 is 9.53 Å². The molecule has 1 unspecified atom stereocenters. The van der Waals surface area contributed by atoms with Gasteiger partial charge in [-0.15, -0.1) is 23.2 Å². The maximum atomic E-state index is 11.1. The molecule has 1 aliphatic carbocycles. The fourth-order valence-corrected chi connectivity index (χ4v) is 1.67. The van der Waals surface area contributed by atoms with Crippen molar-refractivity contribution in [3.05, 3.63) is 11.6 Å². The van der Waals surface area contributed by atoms with Crippen molar-refractivity contribution in [3.63, 3.8) is 0 Å². The Morgan fingerprint density at radius 2 is 2.21 bits per heavy atom. The Kier molecular flexibility index (Phi) is 3.49. The summed E-state index contributed by atoms with van der Waals surface area (Å²) in [4.78, 5) is 10.5. The van der Waals surface area contributed by atoms with E-state index in [0.29, 0.717) is 6.42 Å². The number of esters is 1. The molecule has 1 fully saturated rings. The van der Waals surface area contributed by atoms with E-state index >= 15 is 0 Å². The van der Waals surface area contributed by atoms with Gasteiger partial charge in [-0.3, -0.25) is 4.79 Å². The van der Waals surface area contributed by atoms with Gasteiger partial charge in [-0.25, -0.2) is 0 Å². The van der Waals surface area contributed by atoms with Gasteiger partial charge in [0.1, 0.15) is 10.9 Å². The first-order valence-electron chi connectivity index (χ1n) is 4.59. The number of rotatable bonds is 3. The highest BCUT2D eigenvalue weighted by Crippen LogP contribution is 2.54. The molecule has 1 rings (SSSR count). The van der Waals surface area contributed by atoms with E-state index < -0.39 is 4.84 Å². The SMILES string of the molecule is CCC(=O)OC1C(=CC(Cl)Cl)C1(C)C. The van der Waals surface area contributed by atoms with Gasteiger partial charge in [-0.05, 0) is 11.6 Å². The molecule has 1 atom stereocenters. The van der Waals surface area contributed by atoms with Crippen LogP contribution in [0.5, 0.6) is 0 Å². The topological polar surface area (TPSA) is 26.3 Å². The minimum absolute atomic E-state index is 0.104. The molecule has 0 aliphatic heterocycles. The van der Waals surface area contributed by atoms with Gasteiger partial charge in [-0.2, -0.15) is 0 Å². The lowest BCUT2D eigenvalue weighted by Gasteiger charge is -2.02. The van der Waals surface area contributed by atoms with Crippen molar-refractivity contribution in [2.75, 3.05) is 0 Å². The molecule has 0 saturated heterocycles. The second-order valence-electron chi connectivity index (χ2n) is 3.90. The summed E-state index contributed by atoms with van der Waals surface area (Å²) in [5.74, 6) is -0.188. The number of carbonyl (C=O) groups excluding carboxylic acids is 1. The predicted octanol–water partition coefficient (Wildman–Crippen LogP) is 3.08. The summed E-state index contributed by atoms with van der Waals surface area (Å²) in [7, 11) is 0. The third-order valence-corrected chi connectivity index (χ3v) is 2.69. The average molecular weight is 237 g/mol. The van der Waals surface area contributed by atoms with Gasteiger partial charge in [0.25, 0.3) is 0 Å². The van der Waals surface area contributed by atoms with E-state index in [0.717, 1.165) is 5.57 Å². The molecule has 14 heavy (non-hydrogen) atoms. The molecule has 2 nitrogen and oxygen atoms in total. The molecule has 1 aliphatic rings. The number of ether oxygens (including phenoxy) is 1. The second-order valence-corrected chi connectivity index (χ2v) is 5.07. The van der Waals surface area contributed by atoms with Gasteiger partial charge in [0.05, 0.1) is 0 Å². The van der Waals surface area contributed by atoms with Crippen LogP contribution in [0.25, 0.3) is 0 Å². The van der Waals surface area contributed by atoms with E-state index in [9.17, 15) is 4.79 Å². The Bertz CT molecular complexity index is 269. The molecule has 0 radical (unpaired) electrons. The highest BCUT2D eigenvalue weighted by molar-refractivity contribution is 6.45. The van der Waals surface area contributed by atoms with Gasteiger partial charge in [0.2, 0.25) is 0 Å². The third-order valence-electron chi connectivity index (χ3n) is 2.44. The minimum Gasteiger partial charge on any atom is -0.457 e. The number of allylic oxidation sites excluding steroid dienone is 1. The molecule has 0 aromatic rings. The van der Waals surface area contributed by atoms with Crippen LogP contribution in [0.1, 0.15) is 27.2 Å². The van der Waals surface area contributed by atoms with Crippen LogP contribution in [0.3, 0.4) is 0 Å². The van der Waals surface area contributed by atoms with Crippen LogP contribution in [0.2, 0.25) is 0 Å². The van der Waals surface area contributed by atoms with Gasteiger partial charge in [0.15, 0.2) is 0 Å². The smallest absolute Gasteiger partial charge is 0.306 e. The fraction of sp³-hybridized carbons (Fsp3) is 0.700. The number of carbonyl (C=O) groups is 1. The van der Waals surface area contributed by atoms with Crippen molar-refractivity contribution in [1.29, 1.82) is 0 Å². The maximum absolute atomic E-state index is 11.1. The molecular formula is C10H14Cl2O2. The summed E-state index contributed by atoms with van der Waals surface area (Å²) < 4.78 is 5.21. The first-order chi connectivity index (χ1) is 6.39. The van der Waals surface area contributed by atoms with Crippen molar-refractivity contribution in [1.82, 2.24) is 0 Å². The van der Waals surface area contributed by atoms with Crippen molar-refractivity contribution in [2.24, 2.45) is 5.41 Å². The van der Waals surface area contributed by atoms with Crippen LogP contribution in [0, 0.1) is 5.41 Å². The summed E-state index contributed by atoms with van der Waals surface area (Å²) in [5, 5.41) is 0. The van der Waals surface area contributed by atoms with E-state index in [1.807, 2.05) is 13.8 Å². The second kappa shape index (κ2) is 4.11. The molecule has 80 valence electrons. The van der Waals surface area contributed by atoms with Gasteiger partial charge >= 0.3 is 5.97 Å². The number of hydrogen-bond acceptors (Lipinski definition) is 2. The molecule has 0 N–H and O–H groups in total. The summed E-state index contributed by atoms with van der Waals surface area (Å²) in [6.07, 6.45) is 1.98. The van der Waals surface area contributed by atoms with Crippen LogP contribution in [0.4, 0.5) is 0 Å². The minimum atomic E-state index is -0.533. The number of hydrogen-bond donors (Lipinski definition) is 0. The van der Waals surface area contributed by atoms with Crippen molar-refractivity contribution in [3.8, 4) is 0 Å². The lowest BCUT2D eigenvalue weighted by molar-refractivity contribution is -0.145. The summed E-state index contributed by atoms with van der Waals surface area (Å²) in [6, 6.07) is 0. The van der Waals surface area contributed by atoms with Gasteiger partial charge in [-0.1, -0.05) is 20.8 Å². The molecule has 4 heteroatoms. The summed E-state index contributed by atoms with van der Waals surface area (Å²) in [5.41, 5.74) is 0.904. The van der Waals surface area contributed by atoms with Crippen LogP contribution in [0.15, 0.2) is 11.6 Å². The van der Waals surface area contributed by atoms with Crippen molar-refractivity contribution >= 4 is 29.2 Å². The van der Waals surface area contributed by atoms with E-state index in [-0.39, 0.29) is 17.5 Å². The first-order valence-corrected chi connectivity index (χ1v) is 5.46.